The number of carboxylic acids is 1. The lowest BCUT2D eigenvalue weighted by Gasteiger charge is -2.25. The fourth-order valence-electron chi connectivity index (χ4n) is 2.35. The molecule has 0 amide bonds. The molecule has 2 rings (SSSR count). The van der Waals surface area contributed by atoms with Gasteiger partial charge in [0.05, 0.1) is 6.42 Å². The molecule has 23 heavy (non-hydrogen) atoms. The van der Waals surface area contributed by atoms with Crippen molar-refractivity contribution < 1.29 is 23.5 Å². The van der Waals surface area contributed by atoms with Gasteiger partial charge in [-0.15, -0.1) is 9.43 Å². The van der Waals surface area contributed by atoms with Crippen molar-refractivity contribution in [3.05, 3.63) is 5.89 Å². The molecule has 0 radical (unpaired) electrons. The average molecular weight is 341 g/mol. The van der Waals surface area contributed by atoms with E-state index in [0.717, 1.165) is 37.7 Å². The van der Waals surface area contributed by atoms with Crippen LogP contribution in [0.4, 0.5) is 0 Å². The van der Waals surface area contributed by atoms with Crippen molar-refractivity contribution in [2.45, 2.75) is 50.5 Å². The lowest BCUT2D eigenvalue weighted by atomic mass is 9.86. The van der Waals surface area contributed by atoms with Gasteiger partial charge in [0.2, 0.25) is 5.89 Å². The van der Waals surface area contributed by atoms with Crippen LogP contribution in [0.3, 0.4) is 0 Å². The number of carboxylic acid groups (broad SMARTS) is 1. The van der Waals surface area contributed by atoms with E-state index in [0.29, 0.717) is 18.4 Å². The molecule has 1 aliphatic rings. The smallest absolute Gasteiger partial charge is 0.448 e. The van der Waals surface area contributed by atoms with E-state index in [9.17, 15) is 4.79 Å². The van der Waals surface area contributed by atoms with Crippen LogP contribution in [0.1, 0.15) is 50.3 Å². The number of hydrogen-bond acceptors (Lipinski definition) is 8. The van der Waals surface area contributed by atoms with E-state index >= 15 is 0 Å². The highest BCUT2D eigenvalue weighted by Gasteiger charge is 2.26. The van der Waals surface area contributed by atoms with Gasteiger partial charge in [-0.3, -0.25) is 9.68 Å². The van der Waals surface area contributed by atoms with Crippen LogP contribution in [0.2, 0.25) is 0 Å². The SMILES string of the molecule is CSOOc1nnc(C2CCC(NC#CCCC(=O)O)CC2)o1. The van der Waals surface area contributed by atoms with E-state index in [2.05, 4.69) is 31.8 Å². The summed E-state index contributed by atoms with van der Waals surface area (Å²) in [5, 5.41) is 19.4. The number of carbonyl (C=O) groups is 1. The van der Waals surface area contributed by atoms with E-state index in [1.54, 1.807) is 6.26 Å². The Kier molecular flexibility index (Phi) is 7.03. The quantitative estimate of drug-likeness (QED) is 0.253. The molecule has 0 bridgehead atoms. The molecule has 1 fully saturated rings. The minimum Gasteiger partial charge on any atom is -0.481 e. The summed E-state index contributed by atoms with van der Waals surface area (Å²) < 4.78 is 10.1. The van der Waals surface area contributed by atoms with E-state index in [4.69, 9.17) is 14.4 Å². The molecule has 0 atom stereocenters. The fraction of sp³-hybridized carbons (Fsp3) is 0.643. The van der Waals surface area contributed by atoms with Gasteiger partial charge >= 0.3 is 12.0 Å². The van der Waals surface area contributed by atoms with Gasteiger partial charge in [-0.25, -0.2) is 0 Å². The van der Waals surface area contributed by atoms with Crippen LogP contribution in [-0.4, -0.2) is 33.6 Å². The van der Waals surface area contributed by atoms with Crippen molar-refractivity contribution in [1.29, 1.82) is 0 Å². The lowest BCUT2D eigenvalue weighted by molar-refractivity contribution is -0.136. The molecule has 0 spiro atoms. The third kappa shape index (κ3) is 6.00. The van der Waals surface area contributed by atoms with Crippen LogP contribution in [0.15, 0.2) is 4.42 Å². The zero-order valence-corrected chi connectivity index (χ0v) is 13.6. The summed E-state index contributed by atoms with van der Waals surface area (Å²) in [4.78, 5) is 15.2. The normalized spacial score (nSPS) is 20.4. The zero-order chi connectivity index (χ0) is 16.5. The maximum atomic E-state index is 10.4. The van der Waals surface area contributed by atoms with Gasteiger partial charge in [-0.2, -0.15) is 0 Å². The molecule has 2 N–H and O–H groups in total. The molecule has 0 saturated heterocycles. The van der Waals surface area contributed by atoms with Crippen molar-refractivity contribution >= 4 is 18.0 Å². The molecule has 0 aliphatic heterocycles. The standard InChI is InChI=1S/C14H19N3O5S/c1-23-22-21-14-17-16-13(20-14)10-5-7-11(8-6-10)15-9-3-2-4-12(18)19/h10-11,15H,2,4-8H2,1H3,(H,18,19). The molecule has 1 saturated carbocycles. The molecule has 0 aromatic carbocycles. The number of nitrogens with one attached hydrogen (secondary N) is 1. The van der Waals surface area contributed by atoms with Gasteiger partial charge in [-0.1, -0.05) is 11.0 Å². The summed E-state index contributed by atoms with van der Waals surface area (Å²) in [6, 6.07) is 3.15. The van der Waals surface area contributed by atoms with E-state index in [1.165, 1.54) is 0 Å². The van der Waals surface area contributed by atoms with Crippen molar-refractivity contribution in [3.8, 4) is 18.0 Å². The Hall–Kier alpha value is -1.92. The van der Waals surface area contributed by atoms with Crippen molar-refractivity contribution in [2.24, 2.45) is 0 Å². The summed E-state index contributed by atoms with van der Waals surface area (Å²) in [5.74, 6) is 2.77. The summed E-state index contributed by atoms with van der Waals surface area (Å²) in [5.41, 5.74) is 0. The Labute approximate surface area is 138 Å². The van der Waals surface area contributed by atoms with Crippen LogP contribution in [-0.2, 0) is 9.13 Å². The van der Waals surface area contributed by atoms with Crippen LogP contribution in [0, 0.1) is 12.0 Å². The van der Waals surface area contributed by atoms with Gasteiger partial charge in [-0.05, 0) is 25.7 Å². The van der Waals surface area contributed by atoms with E-state index < -0.39 is 5.97 Å². The topological polar surface area (TPSA) is 107 Å². The first-order valence-corrected chi connectivity index (χ1v) is 8.50. The molecule has 8 nitrogen and oxygen atoms in total. The second-order valence-corrected chi connectivity index (χ2v) is 5.58. The fourth-order valence-corrected chi connectivity index (χ4v) is 2.48. The van der Waals surface area contributed by atoms with Crippen LogP contribution in [0.5, 0.6) is 6.08 Å². The predicted molar refractivity (Wildman–Crippen MR) is 82.3 cm³/mol. The maximum absolute atomic E-state index is 10.4. The summed E-state index contributed by atoms with van der Waals surface area (Å²) >= 11 is 1.05. The molecular formula is C14H19N3O5S. The molecule has 1 aromatic rings. The maximum Gasteiger partial charge on any atom is 0.448 e. The van der Waals surface area contributed by atoms with Gasteiger partial charge in [0.1, 0.15) is 0 Å². The Morgan fingerprint density at radius 1 is 1.43 bits per heavy atom. The predicted octanol–water partition coefficient (Wildman–Crippen LogP) is 2.10. The Morgan fingerprint density at radius 2 is 2.22 bits per heavy atom. The Bertz CT molecular complexity index is 560. The highest BCUT2D eigenvalue weighted by Crippen LogP contribution is 2.33. The zero-order valence-electron chi connectivity index (χ0n) is 12.8. The van der Waals surface area contributed by atoms with Crippen molar-refractivity contribution in [2.75, 3.05) is 6.26 Å². The number of rotatable bonds is 7. The van der Waals surface area contributed by atoms with Crippen molar-refractivity contribution in [1.82, 2.24) is 15.5 Å². The molecule has 126 valence electrons. The van der Waals surface area contributed by atoms with Gasteiger partial charge in [0.25, 0.3) is 0 Å². The first-order chi connectivity index (χ1) is 11.2. The van der Waals surface area contributed by atoms with Crippen LogP contribution in [0.25, 0.3) is 0 Å². The highest BCUT2D eigenvalue weighted by molar-refractivity contribution is 7.93. The summed E-state index contributed by atoms with van der Waals surface area (Å²) in [6.45, 7) is 0. The Balaban J connectivity index is 1.71. The van der Waals surface area contributed by atoms with E-state index in [-0.39, 0.29) is 18.4 Å². The minimum atomic E-state index is -0.828. The molecule has 1 heterocycles. The average Bonchev–Trinajstić information content (AvgIpc) is 3.02. The highest BCUT2D eigenvalue weighted by atomic mass is 32.2. The van der Waals surface area contributed by atoms with Crippen molar-refractivity contribution in [3.63, 3.8) is 0 Å². The van der Waals surface area contributed by atoms with Gasteiger partial charge in [0, 0.05) is 42.7 Å². The van der Waals surface area contributed by atoms with Gasteiger partial charge < -0.3 is 14.8 Å². The third-order valence-corrected chi connectivity index (χ3v) is 3.70. The second-order valence-electron chi connectivity index (χ2n) is 5.11. The molecule has 1 aromatic heterocycles. The summed E-state index contributed by atoms with van der Waals surface area (Å²) in [7, 11) is 0. The molecule has 1 aliphatic carbocycles. The van der Waals surface area contributed by atoms with E-state index in [1.807, 2.05) is 0 Å². The Morgan fingerprint density at radius 3 is 2.91 bits per heavy atom. The van der Waals surface area contributed by atoms with Crippen LogP contribution < -0.4 is 10.2 Å². The lowest BCUT2D eigenvalue weighted by Crippen LogP contribution is -2.29. The minimum absolute atomic E-state index is 0.0129. The molecule has 9 heteroatoms. The molecular weight excluding hydrogens is 322 g/mol. The largest absolute Gasteiger partial charge is 0.481 e. The van der Waals surface area contributed by atoms with Crippen LogP contribution >= 0.6 is 12.0 Å². The molecule has 0 unspecified atom stereocenters. The first kappa shape index (κ1) is 17.4. The second kappa shape index (κ2) is 9.27. The number of nitrogens with zero attached hydrogens (tertiary/aromatic N) is 2. The number of hydrogen-bond donors (Lipinski definition) is 2. The monoisotopic (exact) mass is 341 g/mol. The van der Waals surface area contributed by atoms with Gasteiger partial charge in [0.15, 0.2) is 0 Å². The third-order valence-electron chi connectivity index (χ3n) is 3.50. The first-order valence-electron chi connectivity index (χ1n) is 7.35. The summed E-state index contributed by atoms with van der Waals surface area (Å²) in [6.07, 6.45) is 5.88. The number of aliphatic carboxylic acids is 1. The number of aromatic nitrogens is 2.